The largest absolute Gasteiger partial charge is 0.353 e. The van der Waals surface area contributed by atoms with Crippen molar-refractivity contribution in [2.75, 3.05) is 0 Å². The number of carbonyl (C=O) groups is 1. The zero-order valence-corrected chi connectivity index (χ0v) is 18.4. The molecule has 0 spiro atoms. The Labute approximate surface area is 179 Å². The van der Waals surface area contributed by atoms with Crippen molar-refractivity contribution in [2.45, 2.75) is 71.8 Å². The Kier molecular flexibility index (Phi) is 4.68. The monoisotopic (exact) mass is 408 g/mol. The molecular formula is C26H33FN2O. The van der Waals surface area contributed by atoms with Gasteiger partial charge in [-0.2, -0.15) is 0 Å². The van der Waals surface area contributed by atoms with Crippen molar-refractivity contribution >= 4 is 11.5 Å². The molecule has 4 aliphatic carbocycles. The summed E-state index contributed by atoms with van der Waals surface area (Å²) in [7, 11) is 0. The summed E-state index contributed by atoms with van der Waals surface area (Å²) in [6.45, 7) is 6.52. The minimum Gasteiger partial charge on any atom is -0.353 e. The third kappa shape index (κ3) is 2.98. The van der Waals surface area contributed by atoms with E-state index in [0.29, 0.717) is 23.8 Å². The van der Waals surface area contributed by atoms with Crippen molar-refractivity contribution in [2.24, 2.45) is 28.6 Å². The molecule has 6 atom stereocenters. The van der Waals surface area contributed by atoms with E-state index in [4.69, 9.17) is 0 Å². The molecule has 0 aliphatic heterocycles. The van der Waals surface area contributed by atoms with Crippen LogP contribution in [0.25, 0.3) is 5.57 Å². The summed E-state index contributed by atoms with van der Waals surface area (Å²) in [6.07, 6.45) is 15.9. The topological polar surface area (TPSA) is 42.0 Å². The van der Waals surface area contributed by atoms with Crippen LogP contribution in [0, 0.1) is 34.4 Å². The number of halogens is 1. The molecular weight excluding hydrogens is 375 g/mol. The quantitative estimate of drug-likeness (QED) is 0.640. The van der Waals surface area contributed by atoms with Crippen LogP contribution in [-0.4, -0.2) is 16.9 Å². The van der Waals surface area contributed by atoms with Gasteiger partial charge in [-0.05, 0) is 90.7 Å². The van der Waals surface area contributed by atoms with E-state index in [1.165, 1.54) is 31.0 Å². The number of nitrogens with one attached hydrogen (secondary N) is 1. The molecule has 1 aromatic heterocycles. The molecule has 3 unspecified atom stereocenters. The van der Waals surface area contributed by atoms with Crippen LogP contribution in [-0.2, 0) is 4.79 Å². The first-order chi connectivity index (χ1) is 14.3. The SMILES string of the molecule is CC(=O)N[C@@H]1CC[C@@]2(C)C(=CCC3C2CC[C@]2(C)C(c4cncc(F)c4)=CCC32)C1. The molecule has 1 amide bonds. The second-order valence-electron chi connectivity index (χ2n) is 10.6. The smallest absolute Gasteiger partial charge is 0.217 e. The van der Waals surface area contributed by atoms with Crippen LogP contribution in [0.3, 0.4) is 0 Å². The third-order valence-electron chi connectivity index (χ3n) is 9.11. The Morgan fingerprint density at radius 1 is 1.10 bits per heavy atom. The Balaban J connectivity index is 1.41. The lowest BCUT2D eigenvalue weighted by molar-refractivity contribution is -0.120. The van der Waals surface area contributed by atoms with E-state index >= 15 is 0 Å². The Morgan fingerprint density at radius 3 is 2.67 bits per heavy atom. The summed E-state index contributed by atoms with van der Waals surface area (Å²) in [4.78, 5) is 15.7. The fraction of sp³-hybridized carbons (Fsp3) is 0.615. The molecule has 1 aromatic rings. The first-order valence-corrected chi connectivity index (χ1v) is 11.6. The summed E-state index contributed by atoms with van der Waals surface area (Å²) in [5, 5.41) is 3.15. The molecule has 0 radical (unpaired) electrons. The summed E-state index contributed by atoms with van der Waals surface area (Å²) >= 11 is 0. The highest BCUT2D eigenvalue weighted by molar-refractivity contribution is 5.73. The second-order valence-corrected chi connectivity index (χ2v) is 10.6. The predicted octanol–water partition coefficient (Wildman–Crippen LogP) is 5.68. The Morgan fingerprint density at radius 2 is 1.90 bits per heavy atom. The number of pyridine rings is 1. The molecule has 0 bridgehead atoms. The summed E-state index contributed by atoms with van der Waals surface area (Å²) in [5.74, 6) is 1.86. The summed E-state index contributed by atoms with van der Waals surface area (Å²) in [5.41, 5.74) is 4.24. The van der Waals surface area contributed by atoms with Gasteiger partial charge in [0.15, 0.2) is 0 Å². The van der Waals surface area contributed by atoms with Gasteiger partial charge in [0, 0.05) is 19.2 Å². The van der Waals surface area contributed by atoms with Crippen LogP contribution < -0.4 is 5.32 Å². The van der Waals surface area contributed by atoms with Gasteiger partial charge in [-0.15, -0.1) is 0 Å². The van der Waals surface area contributed by atoms with Gasteiger partial charge in [-0.3, -0.25) is 9.78 Å². The van der Waals surface area contributed by atoms with E-state index < -0.39 is 0 Å². The predicted molar refractivity (Wildman–Crippen MR) is 117 cm³/mol. The fourth-order valence-corrected chi connectivity index (χ4v) is 7.65. The minimum atomic E-state index is -0.247. The van der Waals surface area contributed by atoms with Crippen LogP contribution in [0.5, 0.6) is 0 Å². The molecule has 0 saturated heterocycles. The second kappa shape index (κ2) is 7.03. The summed E-state index contributed by atoms with van der Waals surface area (Å²) < 4.78 is 13.9. The van der Waals surface area contributed by atoms with Crippen LogP contribution in [0.4, 0.5) is 4.39 Å². The first kappa shape index (κ1) is 20.0. The standard InChI is InChI=1S/C26H33FN2O/c1-16(30)29-20-8-10-25(2)18(13-20)4-5-21-23-7-6-22(17-12-19(27)15-28-14-17)26(23,3)11-9-24(21)25/h4,6,12,14-15,20-21,23-24H,5,7-11,13H2,1-3H3,(H,29,30)/t20-,21?,23?,24?,25+,26-/m1/s1. The minimum absolute atomic E-state index is 0.0859. The number of amides is 1. The lowest BCUT2D eigenvalue weighted by Crippen LogP contribution is -2.51. The Bertz CT molecular complexity index is 937. The van der Waals surface area contributed by atoms with Crippen molar-refractivity contribution in [1.29, 1.82) is 0 Å². The van der Waals surface area contributed by atoms with E-state index in [9.17, 15) is 9.18 Å². The highest BCUT2D eigenvalue weighted by Crippen LogP contribution is 2.66. The van der Waals surface area contributed by atoms with Crippen LogP contribution in [0.2, 0.25) is 0 Å². The highest BCUT2D eigenvalue weighted by atomic mass is 19.1. The zero-order valence-electron chi connectivity index (χ0n) is 18.4. The van der Waals surface area contributed by atoms with Gasteiger partial charge in [0.25, 0.3) is 0 Å². The maximum absolute atomic E-state index is 13.9. The van der Waals surface area contributed by atoms with E-state index in [0.717, 1.165) is 31.2 Å². The molecule has 160 valence electrons. The molecule has 3 nitrogen and oxygen atoms in total. The van der Waals surface area contributed by atoms with Crippen LogP contribution in [0.15, 0.2) is 36.2 Å². The number of fused-ring (bicyclic) bond motifs is 5. The number of carbonyl (C=O) groups excluding carboxylic acids is 1. The van der Waals surface area contributed by atoms with Crippen LogP contribution >= 0.6 is 0 Å². The molecule has 30 heavy (non-hydrogen) atoms. The van der Waals surface area contributed by atoms with Gasteiger partial charge in [0.05, 0.1) is 6.20 Å². The lowest BCUT2D eigenvalue weighted by atomic mass is 9.47. The molecule has 0 aromatic carbocycles. The van der Waals surface area contributed by atoms with E-state index in [2.05, 4.69) is 36.3 Å². The van der Waals surface area contributed by atoms with Crippen molar-refractivity contribution < 1.29 is 9.18 Å². The molecule has 1 N–H and O–H groups in total. The number of nitrogens with zero attached hydrogens (tertiary/aromatic N) is 1. The molecule has 5 rings (SSSR count). The van der Waals surface area contributed by atoms with Gasteiger partial charge >= 0.3 is 0 Å². The van der Waals surface area contributed by atoms with Crippen molar-refractivity contribution in [1.82, 2.24) is 10.3 Å². The van der Waals surface area contributed by atoms with Gasteiger partial charge < -0.3 is 5.32 Å². The van der Waals surface area contributed by atoms with E-state index in [-0.39, 0.29) is 22.6 Å². The average molecular weight is 409 g/mol. The zero-order chi connectivity index (χ0) is 21.1. The average Bonchev–Trinajstić information content (AvgIpc) is 3.05. The van der Waals surface area contributed by atoms with Crippen LogP contribution in [0.1, 0.15) is 71.3 Å². The first-order valence-electron chi connectivity index (χ1n) is 11.6. The molecule has 2 fully saturated rings. The number of rotatable bonds is 2. The molecule has 4 heteroatoms. The fourth-order valence-electron chi connectivity index (χ4n) is 7.65. The number of allylic oxidation sites excluding steroid dienone is 3. The normalized spacial score (nSPS) is 39.9. The van der Waals surface area contributed by atoms with Crippen molar-refractivity contribution in [3.63, 3.8) is 0 Å². The van der Waals surface area contributed by atoms with Gasteiger partial charge in [0.1, 0.15) is 5.82 Å². The number of hydrogen-bond acceptors (Lipinski definition) is 2. The maximum atomic E-state index is 13.9. The van der Waals surface area contributed by atoms with Gasteiger partial charge in [-0.25, -0.2) is 4.39 Å². The lowest BCUT2D eigenvalue weighted by Gasteiger charge is -2.58. The molecule has 2 saturated carbocycles. The maximum Gasteiger partial charge on any atom is 0.217 e. The van der Waals surface area contributed by atoms with Crippen molar-refractivity contribution in [3.05, 3.63) is 47.6 Å². The molecule has 4 aliphatic rings. The van der Waals surface area contributed by atoms with E-state index in [1.54, 1.807) is 18.6 Å². The van der Waals surface area contributed by atoms with Gasteiger partial charge in [0.2, 0.25) is 5.91 Å². The highest BCUT2D eigenvalue weighted by Gasteiger charge is 2.56. The van der Waals surface area contributed by atoms with Gasteiger partial charge in [-0.1, -0.05) is 31.6 Å². The number of aromatic nitrogens is 1. The third-order valence-corrected chi connectivity index (χ3v) is 9.11. The summed E-state index contributed by atoms with van der Waals surface area (Å²) in [6, 6.07) is 1.95. The molecule has 1 heterocycles. The van der Waals surface area contributed by atoms with Crippen molar-refractivity contribution in [3.8, 4) is 0 Å². The Hall–Kier alpha value is -1.97. The van der Waals surface area contributed by atoms with E-state index in [1.807, 2.05) is 6.20 Å². The number of hydrogen-bond donors (Lipinski definition) is 1.